The van der Waals surface area contributed by atoms with Crippen molar-refractivity contribution in [3.05, 3.63) is 56.7 Å². The van der Waals surface area contributed by atoms with Gasteiger partial charge in [0.15, 0.2) is 10.1 Å². The summed E-state index contributed by atoms with van der Waals surface area (Å²) in [5.41, 5.74) is 9.51. The molecule has 0 fully saturated rings. The molecule has 0 radical (unpaired) electrons. The lowest BCUT2D eigenvalue weighted by molar-refractivity contribution is -0.116. The van der Waals surface area contributed by atoms with Crippen molar-refractivity contribution in [3.63, 3.8) is 0 Å². The number of hydrogen-bond donors (Lipinski definition) is 1. The first-order valence-electron chi connectivity index (χ1n) is 9.56. The number of nitrogens with zero attached hydrogens (tertiary/aromatic N) is 4. The zero-order valence-electron chi connectivity index (χ0n) is 16.8. The van der Waals surface area contributed by atoms with Gasteiger partial charge in [-0.2, -0.15) is 5.26 Å². The van der Waals surface area contributed by atoms with Crippen molar-refractivity contribution in [2.75, 3.05) is 10.7 Å². The molecule has 4 rings (SSSR count). The molecule has 6 nitrogen and oxygen atoms in total. The number of anilines is 1. The van der Waals surface area contributed by atoms with E-state index in [2.05, 4.69) is 28.9 Å². The largest absolute Gasteiger partial charge is 0.384 e. The predicted molar refractivity (Wildman–Crippen MR) is 123 cm³/mol. The van der Waals surface area contributed by atoms with E-state index in [0.717, 1.165) is 37.5 Å². The van der Waals surface area contributed by atoms with Crippen LogP contribution in [0.3, 0.4) is 0 Å². The first-order valence-corrected chi connectivity index (χ1v) is 12.2. The maximum Gasteiger partial charge on any atom is 0.219 e. The highest BCUT2D eigenvalue weighted by Gasteiger charge is 2.42. The number of aromatic nitrogens is 2. The topological polar surface area (TPSA) is 95.9 Å². The van der Waals surface area contributed by atoms with Gasteiger partial charge in [0.25, 0.3) is 0 Å². The van der Waals surface area contributed by atoms with Crippen LogP contribution >= 0.6 is 34.4 Å². The first kappa shape index (κ1) is 20.8. The van der Waals surface area contributed by atoms with Crippen LogP contribution in [0.25, 0.3) is 0 Å². The smallest absolute Gasteiger partial charge is 0.219 e. The minimum absolute atomic E-state index is 0.0838. The number of ketones is 1. The Bertz CT molecular complexity index is 1130. The van der Waals surface area contributed by atoms with Crippen molar-refractivity contribution < 1.29 is 4.79 Å². The van der Waals surface area contributed by atoms with Gasteiger partial charge in [-0.3, -0.25) is 9.69 Å². The molecule has 30 heavy (non-hydrogen) atoms. The molecule has 1 atom stereocenters. The van der Waals surface area contributed by atoms with Crippen LogP contribution in [0.2, 0.25) is 0 Å². The van der Waals surface area contributed by atoms with E-state index in [1.807, 2.05) is 19.9 Å². The zero-order chi connectivity index (χ0) is 21.4. The van der Waals surface area contributed by atoms with Gasteiger partial charge in [0.2, 0.25) is 5.13 Å². The van der Waals surface area contributed by atoms with Gasteiger partial charge < -0.3 is 5.73 Å². The van der Waals surface area contributed by atoms with Gasteiger partial charge in [-0.25, -0.2) is 0 Å². The van der Waals surface area contributed by atoms with Crippen molar-refractivity contribution in [1.82, 2.24) is 10.2 Å². The molecule has 3 heterocycles. The van der Waals surface area contributed by atoms with Crippen LogP contribution < -0.4 is 10.6 Å². The van der Waals surface area contributed by atoms with E-state index in [4.69, 9.17) is 5.73 Å². The van der Waals surface area contributed by atoms with Gasteiger partial charge in [0.1, 0.15) is 5.82 Å². The molecule has 0 saturated heterocycles. The molecule has 0 saturated carbocycles. The molecule has 2 aromatic rings. The SMILES string of the molecule is C=CCSc1nnc(N2C(N)=C(C#N)C(c3cc(C)sc3C)C3=C2CCCC3=O)s1. The second kappa shape index (κ2) is 8.38. The number of rotatable bonds is 5. The molecule has 1 aliphatic carbocycles. The fraction of sp³-hybridized carbons (Fsp3) is 0.333. The van der Waals surface area contributed by atoms with E-state index < -0.39 is 5.92 Å². The van der Waals surface area contributed by atoms with Crippen molar-refractivity contribution in [2.24, 2.45) is 5.73 Å². The second-order valence-corrected chi connectivity index (χ2v) is 10.8. The van der Waals surface area contributed by atoms with E-state index in [1.54, 1.807) is 28.0 Å². The minimum atomic E-state index is -0.415. The summed E-state index contributed by atoms with van der Waals surface area (Å²) in [6.45, 7) is 7.80. The summed E-state index contributed by atoms with van der Waals surface area (Å²) in [6.07, 6.45) is 3.77. The number of allylic oxidation sites excluding steroid dienone is 3. The Balaban J connectivity index is 1.89. The van der Waals surface area contributed by atoms with E-state index in [0.29, 0.717) is 34.9 Å². The third-order valence-electron chi connectivity index (χ3n) is 5.22. The molecular formula is C21H21N5OS3. The van der Waals surface area contributed by atoms with E-state index in [1.165, 1.54) is 11.3 Å². The number of carbonyl (C=O) groups excluding carboxylic acids is 1. The second-order valence-electron chi connectivity index (χ2n) is 7.14. The maximum absolute atomic E-state index is 13.1. The number of Topliss-reactive ketones (excluding diaryl/α,β-unsaturated/α-hetero) is 1. The lowest BCUT2D eigenvalue weighted by atomic mass is 9.76. The number of carbonyl (C=O) groups is 1. The third-order valence-corrected chi connectivity index (χ3v) is 8.23. The summed E-state index contributed by atoms with van der Waals surface area (Å²) in [5.74, 6) is 0.743. The van der Waals surface area contributed by atoms with Crippen molar-refractivity contribution >= 4 is 45.4 Å². The molecule has 0 amide bonds. The molecule has 2 aromatic heterocycles. The number of thiophene rings is 1. The zero-order valence-corrected chi connectivity index (χ0v) is 19.2. The summed E-state index contributed by atoms with van der Waals surface area (Å²) < 4.78 is 0.798. The van der Waals surface area contributed by atoms with E-state index in [9.17, 15) is 10.1 Å². The lowest BCUT2D eigenvalue weighted by Gasteiger charge is -2.38. The highest BCUT2D eigenvalue weighted by molar-refractivity contribution is 8.01. The number of aryl methyl sites for hydroxylation is 2. The lowest BCUT2D eigenvalue weighted by Crippen LogP contribution is -2.38. The van der Waals surface area contributed by atoms with Crippen molar-refractivity contribution in [1.29, 1.82) is 5.26 Å². The average Bonchev–Trinajstić information content (AvgIpc) is 3.31. The molecule has 9 heteroatoms. The monoisotopic (exact) mass is 455 g/mol. The molecule has 2 aliphatic rings. The van der Waals surface area contributed by atoms with Crippen LogP contribution in [0.1, 0.15) is 40.5 Å². The molecule has 0 bridgehead atoms. The Labute approximate surface area is 187 Å². The Morgan fingerprint density at radius 1 is 1.40 bits per heavy atom. The van der Waals surface area contributed by atoms with Crippen LogP contribution in [0.15, 0.2) is 45.7 Å². The number of hydrogen-bond acceptors (Lipinski definition) is 9. The Hall–Kier alpha value is -2.41. The average molecular weight is 456 g/mol. The summed E-state index contributed by atoms with van der Waals surface area (Å²) in [4.78, 5) is 17.2. The summed E-state index contributed by atoms with van der Waals surface area (Å²) in [5, 5.41) is 19.2. The fourth-order valence-electron chi connectivity index (χ4n) is 4.03. The maximum atomic E-state index is 13.1. The third kappa shape index (κ3) is 3.49. The van der Waals surface area contributed by atoms with Gasteiger partial charge in [0.05, 0.1) is 17.6 Å². The molecule has 154 valence electrons. The standard InChI is InChI=1S/C21H21N5OS3/c1-4-8-28-21-25-24-20(30-21)26-15-6-5-7-16(27)18(15)17(14(10-22)19(26)23)13-9-11(2)29-12(13)3/h4,9,17H,1,5-8,23H2,2-3H3. The molecular weight excluding hydrogens is 434 g/mol. The highest BCUT2D eigenvalue weighted by Crippen LogP contribution is 2.48. The van der Waals surface area contributed by atoms with Crippen LogP contribution in [0, 0.1) is 25.2 Å². The Morgan fingerprint density at radius 2 is 2.20 bits per heavy atom. The molecule has 1 unspecified atom stereocenters. The van der Waals surface area contributed by atoms with Crippen LogP contribution in [0.5, 0.6) is 0 Å². The number of nitrogens with two attached hydrogens (primary N) is 1. The summed E-state index contributed by atoms with van der Waals surface area (Å²) in [6, 6.07) is 4.38. The summed E-state index contributed by atoms with van der Waals surface area (Å²) in [7, 11) is 0. The highest BCUT2D eigenvalue weighted by atomic mass is 32.2. The predicted octanol–water partition coefficient (Wildman–Crippen LogP) is 4.80. The normalized spacial score (nSPS) is 19.2. The van der Waals surface area contributed by atoms with Crippen LogP contribution in [-0.2, 0) is 4.79 Å². The molecule has 1 aliphatic heterocycles. The minimum Gasteiger partial charge on any atom is -0.384 e. The molecule has 0 spiro atoms. The van der Waals surface area contributed by atoms with E-state index in [-0.39, 0.29) is 5.78 Å². The summed E-state index contributed by atoms with van der Waals surface area (Å²) >= 11 is 4.62. The Morgan fingerprint density at radius 3 is 2.87 bits per heavy atom. The van der Waals surface area contributed by atoms with Crippen LogP contribution in [0.4, 0.5) is 5.13 Å². The quantitative estimate of drug-likeness (QED) is 0.511. The molecule has 2 N–H and O–H groups in total. The Kier molecular flexibility index (Phi) is 5.82. The fourth-order valence-corrected chi connectivity index (χ4v) is 6.64. The van der Waals surface area contributed by atoms with Gasteiger partial charge in [-0.05, 0) is 38.3 Å². The van der Waals surface area contributed by atoms with Gasteiger partial charge >= 0.3 is 0 Å². The first-order chi connectivity index (χ1) is 14.5. The number of thioether (sulfide) groups is 1. The van der Waals surface area contributed by atoms with E-state index >= 15 is 0 Å². The van der Waals surface area contributed by atoms with Gasteiger partial charge in [0, 0.05) is 33.2 Å². The number of nitriles is 1. The van der Waals surface area contributed by atoms with Crippen LogP contribution in [-0.4, -0.2) is 21.7 Å². The van der Waals surface area contributed by atoms with Gasteiger partial charge in [-0.1, -0.05) is 29.2 Å². The van der Waals surface area contributed by atoms with Crippen molar-refractivity contribution in [3.8, 4) is 6.07 Å². The molecule has 0 aromatic carbocycles. The van der Waals surface area contributed by atoms with Gasteiger partial charge in [-0.15, -0.1) is 28.1 Å². The van der Waals surface area contributed by atoms with Crippen molar-refractivity contribution in [2.45, 2.75) is 43.4 Å².